The van der Waals surface area contributed by atoms with E-state index in [-0.39, 0.29) is 6.10 Å². The molecule has 1 heterocycles. The van der Waals surface area contributed by atoms with Gasteiger partial charge in [-0.3, -0.25) is 4.98 Å². The molecule has 1 rings (SSSR count). The molecule has 4 nitrogen and oxygen atoms in total. The predicted octanol–water partition coefficient (Wildman–Crippen LogP) is 1.63. The molecule has 0 radical (unpaired) electrons. The standard InChI is InChI=1S/C11H19N3O/c1-9(2)15-11-6-10(7-13-8-11)14-5-3-4-12/h6-9,14H,3-5,12H2,1-2H3. The molecule has 4 heteroatoms. The highest BCUT2D eigenvalue weighted by atomic mass is 16.5. The molecule has 0 spiro atoms. The van der Waals surface area contributed by atoms with Gasteiger partial charge >= 0.3 is 0 Å². The van der Waals surface area contributed by atoms with E-state index >= 15 is 0 Å². The van der Waals surface area contributed by atoms with E-state index in [4.69, 9.17) is 10.5 Å². The lowest BCUT2D eigenvalue weighted by atomic mass is 10.3. The Kier molecular flexibility index (Phi) is 4.90. The van der Waals surface area contributed by atoms with Crippen molar-refractivity contribution in [1.29, 1.82) is 0 Å². The van der Waals surface area contributed by atoms with Crippen LogP contribution < -0.4 is 15.8 Å². The van der Waals surface area contributed by atoms with Crippen molar-refractivity contribution >= 4 is 5.69 Å². The van der Waals surface area contributed by atoms with Crippen LogP contribution in [0.3, 0.4) is 0 Å². The summed E-state index contributed by atoms with van der Waals surface area (Å²) in [7, 11) is 0. The van der Waals surface area contributed by atoms with Crippen molar-refractivity contribution in [3.8, 4) is 5.75 Å². The van der Waals surface area contributed by atoms with Crippen molar-refractivity contribution in [2.45, 2.75) is 26.4 Å². The van der Waals surface area contributed by atoms with E-state index in [0.29, 0.717) is 6.54 Å². The molecular formula is C11H19N3O. The van der Waals surface area contributed by atoms with E-state index in [1.165, 1.54) is 0 Å². The summed E-state index contributed by atoms with van der Waals surface area (Å²) in [4.78, 5) is 4.10. The van der Waals surface area contributed by atoms with Crippen LogP contribution in [0.4, 0.5) is 5.69 Å². The normalized spacial score (nSPS) is 10.4. The molecule has 0 aliphatic heterocycles. The lowest BCUT2D eigenvalue weighted by Gasteiger charge is -2.11. The minimum Gasteiger partial charge on any atom is -0.489 e. The average Bonchev–Trinajstić information content (AvgIpc) is 2.18. The van der Waals surface area contributed by atoms with Gasteiger partial charge in [-0.05, 0) is 26.8 Å². The molecule has 0 saturated carbocycles. The third-order valence-corrected chi connectivity index (χ3v) is 1.79. The van der Waals surface area contributed by atoms with Crippen LogP contribution in [0.25, 0.3) is 0 Å². The molecule has 15 heavy (non-hydrogen) atoms. The van der Waals surface area contributed by atoms with Crippen LogP contribution in [0.5, 0.6) is 5.75 Å². The lowest BCUT2D eigenvalue weighted by Crippen LogP contribution is -2.09. The summed E-state index contributed by atoms with van der Waals surface area (Å²) in [6.45, 7) is 5.55. The predicted molar refractivity (Wildman–Crippen MR) is 62.2 cm³/mol. The van der Waals surface area contributed by atoms with Crippen molar-refractivity contribution in [3.63, 3.8) is 0 Å². The Labute approximate surface area is 90.8 Å². The molecule has 0 amide bonds. The molecule has 1 aromatic rings. The smallest absolute Gasteiger partial charge is 0.140 e. The second kappa shape index (κ2) is 6.24. The van der Waals surface area contributed by atoms with E-state index < -0.39 is 0 Å². The number of nitrogens with zero attached hydrogens (tertiary/aromatic N) is 1. The number of nitrogens with two attached hydrogens (primary N) is 1. The fourth-order valence-electron chi connectivity index (χ4n) is 1.19. The van der Waals surface area contributed by atoms with Gasteiger partial charge < -0.3 is 15.8 Å². The number of hydrogen-bond acceptors (Lipinski definition) is 4. The average molecular weight is 209 g/mol. The molecule has 1 aromatic heterocycles. The summed E-state index contributed by atoms with van der Waals surface area (Å²) in [5.74, 6) is 0.794. The number of aromatic nitrogens is 1. The van der Waals surface area contributed by atoms with Crippen LogP contribution >= 0.6 is 0 Å². The van der Waals surface area contributed by atoms with Crippen LogP contribution in [0.1, 0.15) is 20.3 Å². The van der Waals surface area contributed by atoms with Gasteiger partial charge in [0.15, 0.2) is 0 Å². The molecule has 3 N–H and O–H groups in total. The molecule has 0 unspecified atom stereocenters. The van der Waals surface area contributed by atoms with E-state index in [2.05, 4.69) is 10.3 Å². The van der Waals surface area contributed by atoms with Gasteiger partial charge in [0.05, 0.1) is 24.2 Å². The Balaban J connectivity index is 2.50. The first-order valence-corrected chi connectivity index (χ1v) is 5.28. The van der Waals surface area contributed by atoms with Crippen molar-refractivity contribution in [2.24, 2.45) is 5.73 Å². The largest absolute Gasteiger partial charge is 0.489 e. The van der Waals surface area contributed by atoms with Gasteiger partial charge in [0.2, 0.25) is 0 Å². The Hall–Kier alpha value is -1.29. The van der Waals surface area contributed by atoms with Crippen molar-refractivity contribution in [2.75, 3.05) is 18.4 Å². The summed E-state index contributed by atoms with van der Waals surface area (Å²) in [6.07, 6.45) is 4.62. The first-order valence-electron chi connectivity index (χ1n) is 5.28. The molecule has 0 atom stereocenters. The summed E-state index contributed by atoms with van der Waals surface area (Å²) in [5.41, 5.74) is 6.38. The van der Waals surface area contributed by atoms with Crippen LogP contribution in [0, 0.1) is 0 Å². The molecule has 0 fully saturated rings. The molecule has 84 valence electrons. The van der Waals surface area contributed by atoms with Gasteiger partial charge in [-0.1, -0.05) is 0 Å². The maximum Gasteiger partial charge on any atom is 0.140 e. The summed E-state index contributed by atoms with van der Waals surface area (Å²) in [6, 6.07) is 1.95. The Morgan fingerprint density at radius 1 is 1.47 bits per heavy atom. The second-order valence-electron chi connectivity index (χ2n) is 3.64. The molecule has 0 saturated heterocycles. The highest BCUT2D eigenvalue weighted by molar-refractivity contribution is 5.45. The van der Waals surface area contributed by atoms with Gasteiger partial charge in [-0.25, -0.2) is 0 Å². The number of pyridine rings is 1. The fraction of sp³-hybridized carbons (Fsp3) is 0.545. The van der Waals surface area contributed by atoms with E-state index in [9.17, 15) is 0 Å². The number of nitrogens with one attached hydrogen (secondary N) is 1. The third-order valence-electron chi connectivity index (χ3n) is 1.79. The maximum absolute atomic E-state index is 5.53. The van der Waals surface area contributed by atoms with Crippen LogP contribution in [-0.2, 0) is 0 Å². The first kappa shape index (κ1) is 11.8. The van der Waals surface area contributed by atoms with E-state index in [1.54, 1.807) is 12.4 Å². The molecule has 0 bridgehead atoms. The zero-order valence-corrected chi connectivity index (χ0v) is 9.36. The number of rotatable bonds is 6. The Morgan fingerprint density at radius 3 is 2.93 bits per heavy atom. The highest BCUT2D eigenvalue weighted by Gasteiger charge is 1.99. The number of ether oxygens (including phenoxy) is 1. The van der Waals surface area contributed by atoms with Gasteiger partial charge in [-0.15, -0.1) is 0 Å². The lowest BCUT2D eigenvalue weighted by molar-refractivity contribution is 0.241. The highest BCUT2D eigenvalue weighted by Crippen LogP contribution is 2.16. The molecule has 0 aliphatic carbocycles. The van der Waals surface area contributed by atoms with E-state index in [0.717, 1.165) is 24.4 Å². The maximum atomic E-state index is 5.53. The zero-order valence-electron chi connectivity index (χ0n) is 9.36. The fourth-order valence-corrected chi connectivity index (χ4v) is 1.19. The zero-order chi connectivity index (χ0) is 11.1. The Bertz CT molecular complexity index is 289. The van der Waals surface area contributed by atoms with Gasteiger partial charge in [-0.2, -0.15) is 0 Å². The third kappa shape index (κ3) is 4.65. The first-order chi connectivity index (χ1) is 7.22. The van der Waals surface area contributed by atoms with Crippen molar-refractivity contribution in [3.05, 3.63) is 18.5 Å². The molecule has 0 aliphatic rings. The monoisotopic (exact) mass is 209 g/mol. The van der Waals surface area contributed by atoms with Crippen molar-refractivity contribution in [1.82, 2.24) is 4.98 Å². The summed E-state index contributed by atoms with van der Waals surface area (Å²) >= 11 is 0. The van der Waals surface area contributed by atoms with E-state index in [1.807, 2.05) is 19.9 Å². The van der Waals surface area contributed by atoms with Crippen LogP contribution in [0.15, 0.2) is 18.5 Å². The summed E-state index contributed by atoms with van der Waals surface area (Å²) < 4.78 is 5.53. The quantitative estimate of drug-likeness (QED) is 0.699. The Morgan fingerprint density at radius 2 is 2.27 bits per heavy atom. The summed E-state index contributed by atoms with van der Waals surface area (Å²) in [5, 5.41) is 3.24. The molecule has 0 aromatic carbocycles. The van der Waals surface area contributed by atoms with Gasteiger partial charge in [0.25, 0.3) is 0 Å². The minimum atomic E-state index is 0.172. The van der Waals surface area contributed by atoms with Crippen LogP contribution in [-0.4, -0.2) is 24.2 Å². The SMILES string of the molecule is CC(C)Oc1cncc(NCCCN)c1. The second-order valence-corrected chi connectivity index (χ2v) is 3.64. The molecular weight excluding hydrogens is 190 g/mol. The van der Waals surface area contributed by atoms with Gasteiger partial charge in [0.1, 0.15) is 5.75 Å². The number of anilines is 1. The van der Waals surface area contributed by atoms with Crippen LogP contribution in [0.2, 0.25) is 0 Å². The topological polar surface area (TPSA) is 60.2 Å². The minimum absolute atomic E-state index is 0.172. The number of hydrogen-bond donors (Lipinski definition) is 2. The van der Waals surface area contributed by atoms with Crippen molar-refractivity contribution < 1.29 is 4.74 Å². The van der Waals surface area contributed by atoms with Gasteiger partial charge in [0, 0.05) is 12.6 Å².